The molecule has 0 aromatic heterocycles. The summed E-state index contributed by atoms with van der Waals surface area (Å²) in [7, 11) is 0. The van der Waals surface area contributed by atoms with Gasteiger partial charge in [-0.3, -0.25) is 0 Å². The molecule has 1 aliphatic heterocycles. The standard InChI is InChI=1S/C12H16F3N/c13-12(14,15)11-4-2-1-3-10(11)9-5-7-16-8-6-9/h1,3,9,16H,2,4-8H2. The highest BCUT2D eigenvalue weighted by Gasteiger charge is 2.37. The van der Waals surface area contributed by atoms with Crippen LogP contribution in [0.15, 0.2) is 23.3 Å². The number of allylic oxidation sites excluding steroid dienone is 4. The number of nitrogens with one attached hydrogen (secondary N) is 1. The Hall–Kier alpha value is -0.770. The third-order valence-corrected chi connectivity index (χ3v) is 3.33. The lowest BCUT2D eigenvalue weighted by Crippen LogP contribution is -2.30. The molecule has 1 N–H and O–H groups in total. The van der Waals surface area contributed by atoms with Gasteiger partial charge in [0.2, 0.25) is 0 Å². The van der Waals surface area contributed by atoms with Crippen LogP contribution in [0.4, 0.5) is 13.2 Å². The second kappa shape index (κ2) is 4.62. The Morgan fingerprint density at radius 2 is 1.88 bits per heavy atom. The first-order chi connectivity index (χ1) is 7.59. The van der Waals surface area contributed by atoms with Gasteiger partial charge in [0.25, 0.3) is 0 Å². The number of rotatable bonds is 1. The zero-order chi connectivity index (χ0) is 11.6. The van der Waals surface area contributed by atoms with Crippen molar-refractivity contribution in [3.8, 4) is 0 Å². The first kappa shape index (κ1) is 11.7. The molecule has 16 heavy (non-hydrogen) atoms. The average Bonchev–Trinajstić information content (AvgIpc) is 2.29. The third-order valence-electron chi connectivity index (χ3n) is 3.33. The quantitative estimate of drug-likeness (QED) is 0.730. The van der Waals surface area contributed by atoms with Crippen LogP contribution in [0, 0.1) is 5.92 Å². The summed E-state index contributed by atoms with van der Waals surface area (Å²) in [6, 6.07) is 0. The van der Waals surface area contributed by atoms with Crippen LogP contribution >= 0.6 is 0 Å². The fraction of sp³-hybridized carbons (Fsp3) is 0.667. The zero-order valence-electron chi connectivity index (χ0n) is 9.11. The summed E-state index contributed by atoms with van der Waals surface area (Å²) < 4.78 is 38.5. The van der Waals surface area contributed by atoms with Gasteiger partial charge in [0.05, 0.1) is 0 Å². The third kappa shape index (κ3) is 2.48. The Labute approximate surface area is 93.4 Å². The van der Waals surface area contributed by atoms with Gasteiger partial charge in [0, 0.05) is 5.57 Å². The molecule has 0 spiro atoms. The summed E-state index contributed by atoms with van der Waals surface area (Å²) >= 11 is 0. The molecule has 0 atom stereocenters. The van der Waals surface area contributed by atoms with Crippen LogP contribution in [0.5, 0.6) is 0 Å². The van der Waals surface area contributed by atoms with Gasteiger partial charge >= 0.3 is 6.18 Å². The molecule has 1 saturated heterocycles. The number of halogens is 3. The SMILES string of the molecule is FC(F)(F)C1=C(C2CCNCC2)C=CCC1. The van der Waals surface area contributed by atoms with Crippen molar-refractivity contribution in [2.24, 2.45) is 5.92 Å². The van der Waals surface area contributed by atoms with Gasteiger partial charge < -0.3 is 5.32 Å². The molecule has 1 nitrogen and oxygen atoms in total. The first-order valence-corrected chi connectivity index (χ1v) is 5.76. The molecule has 90 valence electrons. The summed E-state index contributed by atoms with van der Waals surface area (Å²) in [5, 5.41) is 3.18. The van der Waals surface area contributed by atoms with E-state index in [0.29, 0.717) is 12.0 Å². The molecule has 0 bridgehead atoms. The van der Waals surface area contributed by atoms with Crippen molar-refractivity contribution < 1.29 is 13.2 Å². The Morgan fingerprint density at radius 3 is 2.50 bits per heavy atom. The number of piperidine rings is 1. The first-order valence-electron chi connectivity index (χ1n) is 5.76. The lowest BCUT2D eigenvalue weighted by atomic mass is 9.83. The maximum atomic E-state index is 12.8. The van der Waals surface area contributed by atoms with Crippen LogP contribution in [0.3, 0.4) is 0 Å². The average molecular weight is 231 g/mol. The highest BCUT2D eigenvalue weighted by Crippen LogP contribution is 2.39. The van der Waals surface area contributed by atoms with Crippen molar-refractivity contribution in [3.05, 3.63) is 23.3 Å². The summed E-state index contributed by atoms with van der Waals surface area (Å²) in [4.78, 5) is 0. The van der Waals surface area contributed by atoms with Crippen molar-refractivity contribution >= 4 is 0 Å². The van der Waals surface area contributed by atoms with Crippen LogP contribution in [0.2, 0.25) is 0 Å². The molecule has 0 aromatic carbocycles. The predicted molar refractivity (Wildman–Crippen MR) is 57.0 cm³/mol. The minimum Gasteiger partial charge on any atom is -0.317 e. The van der Waals surface area contributed by atoms with E-state index in [1.54, 1.807) is 6.08 Å². The Balaban J connectivity index is 2.25. The summed E-state index contributed by atoms with van der Waals surface area (Å²) in [6.07, 6.45) is 1.72. The van der Waals surface area contributed by atoms with E-state index in [0.717, 1.165) is 25.9 Å². The Morgan fingerprint density at radius 1 is 1.19 bits per heavy atom. The van der Waals surface area contributed by atoms with Crippen LogP contribution in [-0.2, 0) is 0 Å². The van der Waals surface area contributed by atoms with E-state index < -0.39 is 6.18 Å². The molecule has 0 aromatic rings. The molecule has 0 amide bonds. The zero-order valence-corrected chi connectivity index (χ0v) is 9.11. The Kier molecular flexibility index (Phi) is 3.38. The van der Waals surface area contributed by atoms with Gasteiger partial charge in [0.1, 0.15) is 0 Å². The fourth-order valence-corrected chi connectivity index (χ4v) is 2.50. The molecular formula is C12H16F3N. The summed E-state index contributed by atoms with van der Waals surface area (Å²) in [5.41, 5.74) is 0.252. The van der Waals surface area contributed by atoms with E-state index >= 15 is 0 Å². The van der Waals surface area contributed by atoms with Gasteiger partial charge in [-0.25, -0.2) is 0 Å². The minimum atomic E-state index is -4.15. The van der Waals surface area contributed by atoms with E-state index in [2.05, 4.69) is 5.32 Å². The molecule has 1 aliphatic carbocycles. The van der Waals surface area contributed by atoms with Crippen molar-refractivity contribution in [1.29, 1.82) is 0 Å². The lowest BCUT2D eigenvalue weighted by Gasteiger charge is -2.28. The second-order valence-electron chi connectivity index (χ2n) is 4.40. The Bertz CT molecular complexity index is 309. The molecule has 0 unspecified atom stereocenters. The fourth-order valence-electron chi connectivity index (χ4n) is 2.50. The highest BCUT2D eigenvalue weighted by atomic mass is 19.4. The van der Waals surface area contributed by atoms with E-state index in [1.165, 1.54) is 0 Å². The van der Waals surface area contributed by atoms with Crippen molar-refractivity contribution in [1.82, 2.24) is 5.32 Å². The van der Waals surface area contributed by atoms with E-state index in [4.69, 9.17) is 0 Å². The van der Waals surface area contributed by atoms with Gasteiger partial charge in [-0.15, -0.1) is 0 Å². The van der Waals surface area contributed by atoms with Crippen molar-refractivity contribution in [2.45, 2.75) is 31.9 Å². The van der Waals surface area contributed by atoms with Crippen LogP contribution < -0.4 is 5.32 Å². The molecule has 2 aliphatic rings. The monoisotopic (exact) mass is 231 g/mol. The highest BCUT2D eigenvalue weighted by molar-refractivity contribution is 5.34. The van der Waals surface area contributed by atoms with E-state index in [9.17, 15) is 13.2 Å². The molecule has 0 radical (unpaired) electrons. The molecule has 0 saturated carbocycles. The largest absolute Gasteiger partial charge is 0.412 e. The summed E-state index contributed by atoms with van der Waals surface area (Å²) in [6.45, 7) is 1.65. The number of hydrogen-bond donors (Lipinski definition) is 1. The van der Waals surface area contributed by atoms with Crippen LogP contribution in [0.1, 0.15) is 25.7 Å². The smallest absolute Gasteiger partial charge is 0.317 e. The number of alkyl halides is 3. The van der Waals surface area contributed by atoms with Crippen LogP contribution in [0.25, 0.3) is 0 Å². The molecule has 2 rings (SSSR count). The maximum absolute atomic E-state index is 12.8. The maximum Gasteiger partial charge on any atom is 0.412 e. The number of hydrogen-bond acceptors (Lipinski definition) is 1. The molecule has 1 heterocycles. The van der Waals surface area contributed by atoms with E-state index in [1.807, 2.05) is 6.08 Å². The van der Waals surface area contributed by atoms with Gasteiger partial charge in [-0.2, -0.15) is 13.2 Å². The van der Waals surface area contributed by atoms with Crippen LogP contribution in [-0.4, -0.2) is 19.3 Å². The molecular weight excluding hydrogens is 215 g/mol. The van der Waals surface area contributed by atoms with Gasteiger partial charge in [-0.05, 0) is 50.3 Å². The minimum absolute atomic E-state index is 0.0921. The van der Waals surface area contributed by atoms with E-state index in [-0.39, 0.29) is 17.9 Å². The van der Waals surface area contributed by atoms with Gasteiger partial charge in [0.15, 0.2) is 0 Å². The topological polar surface area (TPSA) is 12.0 Å². The molecule has 4 heteroatoms. The summed E-state index contributed by atoms with van der Waals surface area (Å²) in [5.74, 6) is 0.0921. The van der Waals surface area contributed by atoms with Gasteiger partial charge in [-0.1, -0.05) is 12.2 Å². The molecule has 1 fully saturated rings. The predicted octanol–water partition coefficient (Wildman–Crippen LogP) is 3.19. The normalized spacial score (nSPS) is 23.9. The van der Waals surface area contributed by atoms with Crippen molar-refractivity contribution in [2.75, 3.05) is 13.1 Å². The lowest BCUT2D eigenvalue weighted by molar-refractivity contribution is -0.0953. The van der Waals surface area contributed by atoms with Crippen molar-refractivity contribution in [3.63, 3.8) is 0 Å². The second-order valence-corrected chi connectivity index (χ2v) is 4.40.